The molecule has 8 heterocycles. The number of hydrogen-bond acceptors (Lipinski definition) is 10. The summed E-state index contributed by atoms with van der Waals surface area (Å²) in [6, 6.07) is 3.21. The number of anilines is 2. The fourth-order valence-corrected chi connectivity index (χ4v) is 11.2. The molecule has 308 valence electrons. The van der Waals surface area contributed by atoms with Gasteiger partial charge in [-0.3, -0.25) is 4.90 Å². The highest BCUT2D eigenvalue weighted by atomic mass is 32.1. The fourth-order valence-electron chi connectivity index (χ4n) is 9.11. The molecule has 0 atom stereocenters. The van der Waals surface area contributed by atoms with E-state index in [1.165, 1.54) is 12.7 Å². The standard InChI is InChI=1S/C20H27F3N4S.C19H24F4N4S/c1-18(2,3)10-26-11-19(12-26)4-6-27(7-5-19)16-15-8-14(9-20(21,22)23)28-17(15)25-13-24-16;1-17(2,20)9-26-10-18(11-26)3-5-27(6-4-18)15-14-7-13(8-19(21,22)23)28-16(14)25-12-24-15/h8,13H,4-7,9-12H2,1-3H3;7,12H,3-6,8-11H2,1-2H3. The predicted molar refractivity (Wildman–Crippen MR) is 210 cm³/mol. The zero-order chi connectivity index (χ0) is 40.3. The molecule has 4 aromatic heterocycles. The van der Waals surface area contributed by atoms with Gasteiger partial charge >= 0.3 is 12.4 Å². The van der Waals surface area contributed by atoms with Crippen LogP contribution in [0.15, 0.2) is 24.8 Å². The minimum absolute atomic E-state index is 0.240. The molecule has 0 saturated carbocycles. The van der Waals surface area contributed by atoms with E-state index < -0.39 is 30.9 Å². The number of rotatable bonds is 7. The minimum Gasteiger partial charge on any atom is -0.356 e. The Kier molecular flexibility index (Phi) is 11.1. The molecule has 4 saturated heterocycles. The summed E-state index contributed by atoms with van der Waals surface area (Å²) >= 11 is 2.20. The van der Waals surface area contributed by atoms with Gasteiger partial charge in [-0.2, -0.15) is 26.3 Å². The zero-order valence-electron chi connectivity index (χ0n) is 32.7. The third-order valence-electron chi connectivity index (χ3n) is 11.2. The van der Waals surface area contributed by atoms with Crippen molar-refractivity contribution in [1.29, 1.82) is 0 Å². The molecule has 56 heavy (non-hydrogen) atoms. The van der Waals surface area contributed by atoms with Gasteiger partial charge in [0.2, 0.25) is 0 Å². The fraction of sp³-hybridized carbons (Fsp3) is 0.692. The van der Waals surface area contributed by atoms with E-state index in [0.29, 0.717) is 37.3 Å². The average molecular weight is 829 g/mol. The molecule has 4 aromatic rings. The van der Waals surface area contributed by atoms with Crippen LogP contribution in [0, 0.1) is 16.2 Å². The molecular formula is C39H51F7N8S2. The van der Waals surface area contributed by atoms with Crippen LogP contribution < -0.4 is 9.80 Å². The van der Waals surface area contributed by atoms with E-state index in [4.69, 9.17) is 0 Å². The summed E-state index contributed by atoms with van der Waals surface area (Å²) < 4.78 is 90.2. The van der Waals surface area contributed by atoms with Gasteiger partial charge in [0.15, 0.2) is 0 Å². The molecule has 0 unspecified atom stereocenters. The Morgan fingerprint density at radius 3 is 1.29 bits per heavy atom. The molecule has 17 heteroatoms. The van der Waals surface area contributed by atoms with Crippen LogP contribution in [-0.2, 0) is 12.8 Å². The van der Waals surface area contributed by atoms with E-state index in [2.05, 4.69) is 60.3 Å². The van der Waals surface area contributed by atoms with Crippen molar-refractivity contribution in [2.24, 2.45) is 16.2 Å². The molecule has 4 aliphatic heterocycles. The predicted octanol–water partition coefficient (Wildman–Crippen LogP) is 9.19. The van der Waals surface area contributed by atoms with Gasteiger partial charge in [0.05, 0.1) is 23.6 Å². The first-order valence-corrected chi connectivity index (χ1v) is 20.9. The quantitative estimate of drug-likeness (QED) is 0.171. The molecule has 4 fully saturated rings. The van der Waals surface area contributed by atoms with Crippen LogP contribution in [0.5, 0.6) is 0 Å². The lowest BCUT2D eigenvalue weighted by atomic mass is 9.71. The van der Waals surface area contributed by atoms with Crippen LogP contribution >= 0.6 is 22.7 Å². The minimum atomic E-state index is -4.23. The number of aromatic nitrogens is 4. The summed E-state index contributed by atoms with van der Waals surface area (Å²) in [5.41, 5.74) is -0.210. The molecule has 8 rings (SSSR count). The summed E-state index contributed by atoms with van der Waals surface area (Å²) in [5, 5.41) is 1.46. The smallest absolute Gasteiger partial charge is 0.356 e. The number of fused-ring (bicyclic) bond motifs is 2. The van der Waals surface area contributed by atoms with Crippen molar-refractivity contribution in [3.63, 3.8) is 0 Å². The first-order chi connectivity index (χ1) is 26.0. The second-order valence-corrected chi connectivity index (χ2v) is 20.6. The summed E-state index contributed by atoms with van der Waals surface area (Å²) in [6.07, 6.45) is -3.16. The Morgan fingerprint density at radius 1 is 0.571 bits per heavy atom. The van der Waals surface area contributed by atoms with Gasteiger partial charge in [0.25, 0.3) is 0 Å². The largest absolute Gasteiger partial charge is 0.393 e. The Morgan fingerprint density at radius 2 is 0.946 bits per heavy atom. The first-order valence-electron chi connectivity index (χ1n) is 19.3. The maximum absolute atomic E-state index is 13.8. The molecule has 0 aromatic carbocycles. The van der Waals surface area contributed by atoms with E-state index in [1.54, 1.807) is 26.0 Å². The molecule has 0 radical (unpaired) electrons. The van der Waals surface area contributed by atoms with Crippen molar-refractivity contribution in [2.45, 2.75) is 91.2 Å². The van der Waals surface area contributed by atoms with Crippen molar-refractivity contribution in [3.8, 4) is 0 Å². The van der Waals surface area contributed by atoms with Gasteiger partial charge in [0.1, 0.15) is 39.6 Å². The van der Waals surface area contributed by atoms with E-state index in [0.717, 1.165) is 124 Å². The highest BCUT2D eigenvalue weighted by Gasteiger charge is 2.47. The summed E-state index contributed by atoms with van der Waals surface area (Å²) in [5.74, 6) is 1.51. The van der Waals surface area contributed by atoms with Crippen molar-refractivity contribution < 1.29 is 30.7 Å². The second-order valence-electron chi connectivity index (χ2n) is 18.4. The van der Waals surface area contributed by atoms with Crippen LogP contribution in [0.25, 0.3) is 20.4 Å². The van der Waals surface area contributed by atoms with Crippen molar-refractivity contribution >= 4 is 54.7 Å². The van der Waals surface area contributed by atoms with Gasteiger partial charge in [-0.05, 0) is 67.9 Å². The number of halogens is 7. The van der Waals surface area contributed by atoms with Crippen molar-refractivity contribution in [2.75, 3.05) is 75.2 Å². The van der Waals surface area contributed by atoms with Crippen molar-refractivity contribution in [1.82, 2.24) is 29.7 Å². The Hall–Kier alpha value is -2.89. The first kappa shape index (κ1) is 41.3. The van der Waals surface area contributed by atoms with Crippen LogP contribution in [0.4, 0.5) is 42.4 Å². The van der Waals surface area contributed by atoms with E-state index >= 15 is 0 Å². The summed E-state index contributed by atoms with van der Waals surface area (Å²) in [6.45, 7) is 19.2. The highest BCUT2D eigenvalue weighted by molar-refractivity contribution is 7.19. The number of nitrogens with zero attached hydrogens (tertiary/aromatic N) is 8. The van der Waals surface area contributed by atoms with Crippen LogP contribution in [-0.4, -0.2) is 113 Å². The lowest BCUT2D eigenvalue weighted by Gasteiger charge is -2.55. The third-order valence-corrected chi connectivity index (χ3v) is 13.3. The maximum Gasteiger partial charge on any atom is 0.393 e. The number of alkyl halides is 7. The lowest BCUT2D eigenvalue weighted by Crippen LogP contribution is -2.62. The highest BCUT2D eigenvalue weighted by Crippen LogP contribution is 2.45. The van der Waals surface area contributed by atoms with Gasteiger partial charge in [-0.15, -0.1) is 22.7 Å². The SMILES string of the molecule is CC(C)(C)CN1CC2(CCN(c3ncnc4sc(CC(F)(F)F)cc34)CC2)C1.CC(C)(F)CN1CC2(CCN(c3ncnc4sc(CC(F)(F)F)cc34)CC2)C1. The lowest BCUT2D eigenvalue weighted by molar-refractivity contribution is -0.127. The average Bonchev–Trinajstić information content (AvgIpc) is 3.64. The van der Waals surface area contributed by atoms with Crippen LogP contribution in [0.1, 0.15) is 70.1 Å². The van der Waals surface area contributed by atoms with Crippen molar-refractivity contribution in [3.05, 3.63) is 34.5 Å². The molecular weight excluding hydrogens is 778 g/mol. The molecule has 0 N–H and O–H groups in total. The summed E-state index contributed by atoms with van der Waals surface area (Å²) in [7, 11) is 0. The molecule has 0 aliphatic carbocycles. The molecule has 2 spiro atoms. The second kappa shape index (κ2) is 15.0. The van der Waals surface area contributed by atoms with E-state index in [1.807, 2.05) is 0 Å². The van der Waals surface area contributed by atoms with Gasteiger partial charge < -0.3 is 14.7 Å². The van der Waals surface area contributed by atoms with Gasteiger partial charge in [-0.25, -0.2) is 24.3 Å². The maximum atomic E-state index is 13.8. The van der Waals surface area contributed by atoms with Gasteiger partial charge in [0, 0.05) is 75.2 Å². The molecule has 0 bridgehead atoms. The topological polar surface area (TPSA) is 64.5 Å². The number of likely N-dealkylation sites (tertiary alicyclic amines) is 2. The van der Waals surface area contributed by atoms with E-state index in [-0.39, 0.29) is 10.3 Å². The Balaban J connectivity index is 0.000000172. The molecule has 4 aliphatic rings. The third kappa shape index (κ3) is 10.0. The number of hydrogen-bond donors (Lipinski definition) is 0. The summed E-state index contributed by atoms with van der Waals surface area (Å²) in [4.78, 5) is 28.1. The van der Waals surface area contributed by atoms with E-state index in [9.17, 15) is 30.7 Å². The van der Waals surface area contributed by atoms with Crippen LogP contribution in [0.3, 0.4) is 0 Å². The normalized spacial score (nSPS) is 20.7. The molecule has 0 amide bonds. The van der Waals surface area contributed by atoms with Crippen LogP contribution in [0.2, 0.25) is 0 Å². The number of piperidine rings is 2. The van der Waals surface area contributed by atoms with Gasteiger partial charge in [-0.1, -0.05) is 20.8 Å². The zero-order valence-corrected chi connectivity index (χ0v) is 34.3. The molecule has 8 nitrogen and oxygen atoms in total. The Bertz CT molecular complexity index is 1820. The Labute approximate surface area is 331 Å². The monoisotopic (exact) mass is 828 g/mol. The number of thiophene rings is 2.